The lowest BCUT2D eigenvalue weighted by Crippen LogP contribution is -2.06. The summed E-state index contributed by atoms with van der Waals surface area (Å²) >= 11 is 5.91. The van der Waals surface area contributed by atoms with Crippen LogP contribution in [0.4, 0.5) is 0 Å². The highest BCUT2D eigenvalue weighted by atomic mass is 35.5. The molecule has 4 nitrogen and oxygen atoms in total. The molecule has 1 aromatic rings. The van der Waals surface area contributed by atoms with Crippen LogP contribution in [0.1, 0.15) is 15.9 Å². The van der Waals surface area contributed by atoms with Gasteiger partial charge in [-0.3, -0.25) is 0 Å². The number of carbonyl (C=O) groups is 1. The molecule has 15 heavy (non-hydrogen) atoms. The van der Waals surface area contributed by atoms with Gasteiger partial charge in [-0.1, -0.05) is 11.6 Å². The maximum Gasteiger partial charge on any atom is 0.339 e. The number of methoxy groups -OCH3 is 1. The molecule has 0 bridgehead atoms. The Morgan fingerprint density at radius 3 is 2.73 bits per heavy atom. The third-order valence-electron chi connectivity index (χ3n) is 2.01. The number of hydrogen-bond acceptors (Lipinski definition) is 3. The second-order valence-electron chi connectivity index (χ2n) is 2.99. The highest BCUT2D eigenvalue weighted by Crippen LogP contribution is 2.27. The summed E-state index contributed by atoms with van der Waals surface area (Å²) in [6, 6.07) is 2.99. The van der Waals surface area contributed by atoms with E-state index < -0.39 is 5.97 Å². The van der Waals surface area contributed by atoms with Crippen molar-refractivity contribution in [1.29, 1.82) is 0 Å². The van der Waals surface area contributed by atoms with Gasteiger partial charge in [0.1, 0.15) is 11.3 Å². The Bertz CT molecular complexity index is 379. The van der Waals surface area contributed by atoms with Crippen LogP contribution in [-0.4, -0.2) is 24.7 Å². The van der Waals surface area contributed by atoms with Gasteiger partial charge >= 0.3 is 5.97 Å². The summed E-state index contributed by atoms with van der Waals surface area (Å²) in [7, 11) is 1.42. The predicted molar refractivity (Wildman–Crippen MR) is 57.7 cm³/mol. The van der Waals surface area contributed by atoms with Crippen molar-refractivity contribution >= 4 is 17.6 Å². The van der Waals surface area contributed by atoms with Gasteiger partial charge in [0.25, 0.3) is 0 Å². The zero-order valence-corrected chi connectivity index (χ0v) is 9.04. The Kier molecular flexibility index (Phi) is 3.94. The number of rotatable bonds is 4. The molecule has 0 heterocycles. The van der Waals surface area contributed by atoms with E-state index in [1.54, 1.807) is 6.07 Å². The normalized spacial score (nSPS) is 10.1. The van der Waals surface area contributed by atoms with Crippen LogP contribution in [0.2, 0.25) is 5.02 Å². The Morgan fingerprint density at radius 1 is 1.60 bits per heavy atom. The molecule has 0 amide bonds. The van der Waals surface area contributed by atoms with Gasteiger partial charge in [-0.25, -0.2) is 4.79 Å². The smallest absolute Gasteiger partial charge is 0.339 e. The van der Waals surface area contributed by atoms with Gasteiger partial charge in [0, 0.05) is 5.02 Å². The number of ether oxygens (including phenoxy) is 1. The van der Waals surface area contributed by atoms with Crippen LogP contribution < -0.4 is 10.5 Å². The lowest BCUT2D eigenvalue weighted by molar-refractivity contribution is 0.0693. The fraction of sp³-hybridized carbons (Fsp3) is 0.300. The van der Waals surface area contributed by atoms with Crippen molar-refractivity contribution in [2.75, 3.05) is 13.7 Å². The first kappa shape index (κ1) is 11.8. The Morgan fingerprint density at radius 2 is 2.27 bits per heavy atom. The average molecular weight is 230 g/mol. The minimum absolute atomic E-state index is 0.0586. The molecular weight excluding hydrogens is 218 g/mol. The second kappa shape index (κ2) is 5.00. The fourth-order valence-electron chi connectivity index (χ4n) is 1.28. The maximum absolute atomic E-state index is 10.8. The third kappa shape index (κ3) is 2.61. The van der Waals surface area contributed by atoms with Crippen LogP contribution >= 0.6 is 11.6 Å². The quantitative estimate of drug-likeness (QED) is 0.822. The molecule has 0 atom stereocenters. The van der Waals surface area contributed by atoms with Gasteiger partial charge in [-0.05, 0) is 30.7 Å². The molecule has 0 unspecified atom stereocenters. The van der Waals surface area contributed by atoms with Gasteiger partial charge in [-0.2, -0.15) is 0 Å². The van der Waals surface area contributed by atoms with Crippen molar-refractivity contribution in [3.63, 3.8) is 0 Å². The molecule has 0 aliphatic heterocycles. The van der Waals surface area contributed by atoms with Crippen LogP contribution in [-0.2, 0) is 6.42 Å². The Labute approximate surface area is 92.6 Å². The highest BCUT2D eigenvalue weighted by molar-refractivity contribution is 6.31. The molecule has 0 saturated heterocycles. The summed E-state index contributed by atoms with van der Waals surface area (Å²) in [5.74, 6) is -0.761. The summed E-state index contributed by atoms with van der Waals surface area (Å²) in [6.45, 7) is 0.454. The summed E-state index contributed by atoms with van der Waals surface area (Å²) in [5.41, 5.74) is 6.25. The number of nitrogens with two attached hydrogens (primary N) is 1. The lowest BCUT2D eigenvalue weighted by Gasteiger charge is -2.09. The van der Waals surface area contributed by atoms with Crippen molar-refractivity contribution in [3.8, 4) is 5.75 Å². The molecule has 1 rings (SSSR count). The van der Waals surface area contributed by atoms with E-state index in [2.05, 4.69) is 0 Å². The number of carboxylic acids is 1. The van der Waals surface area contributed by atoms with Crippen LogP contribution in [0.15, 0.2) is 12.1 Å². The average Bonchev–Trinajstić information content (AvgIpc) is 2.20. The summed E-state index contributed by atoms with van der Waals surface area (Å²) in [5, 5.41) is 9.28. The molecule has 0 saturated carbocycles. The Hall–Kier alpha value is -1.26. The summed E-state index contributed by atoms with van der Waals surface area (Å²) < 4.78 is 4.97. The monoisotopic (exact) mass is 229 g/mol. The zero-order valence-electron chi connectivity index (χ0n) is 8.29. The van der Waals surface area contributed by atoms with E-state index in [4.69, 9.17) is 27.2 Å². The molecule has 0 radical (unpaired) electrons. The van der Waals surface area contributed by atoms with E-state index in [1.165, 1.54) is 13.2 Å². The van der Waals surface area contributed by atoms with E-state index in [0.717, 1.165) is 5.56 Å². The van der Waals surface area contributed by atoms with Gasteiger partial charge in [-0.15, -0.1) is 0 Å². The van der Waals surface area contributed by atoms with Crippen molar-refractivity contribution < 1.29 is 14.6 Å². The van der Waals surface area contributed by atoms with Crippen LogP contribution in [0.5, 0.6) is 5.75 Å². The van der Waals surface area contributed by atoms with E-state index >= 15 is 0 Å². The van der Waals surface area contributed by atoms with Crippen molar-refractivity contribution in [2.24, 2.45) is 5.73 Å². The topological polar surface area (TPSA) is 72.5 Å². The first-order valence-corrected chi connectivity index (χ1v) is 4.77. The molecule has 5 heteroatoms. The minimum atomic E-state index is -1.06. The first-order chi connectivity index (χ1) is 7.10. The van der Waals surface area contributed by atoms with Gasteiger partial charge < -0.3 is 15.6 Å². The minimum Gasteiger partial charge on any atom is -0.496 e. The summed E-state index contributed by atoms with van der Waals surface area (Å²) in [6.07, 6.45) is 0.592. The van der Waals surface area contributed by atoms with Crippen LogP contribution in [0.3, 0.4) is 0 Å². The maximum atomic E-state index is 10.8. The Balaban J connectivity index is 3.22. The number of carboxylic acid groups (broad SMARTS) is 1. The molecular formula is C10H12ClNO3. The van der Waals surface area contributed by atoms with Crippen LogP contribution in [0.25, 0.3) is 0 Å². The SMILES string of the molecule is COc1cc(CCN)c(Cl)cc1C(=O)O. The molecule has 0 aromatic heterocycles. The van der Waals surface area contributed by atoms with E-state index in [0.29, 0.717) is 23.7 Å². The number of hydrogen-bond donors (Lipinski definition) is 2. The molecule has 1 aromatic carbocycles. The standard InChI is InChI=1S/C10H12ClNO3/c1-15-9-4-6(2-3-12)8(11)5-7(9)10(13)14/h4-5H,2-3,12H2,1H3,(H,13,14). The largest absolute Gasteiger partial charge is 0.496 e. The zero-order chi connectivity index (χ0) is 11.4. The van der Waals surface area contributed by atoms with E-state index in [-0.39, 0.29) is 5.56 Å². The molecule has 0 aliphatic carbocycles. The molecule has 0 fully saturated rings. The number of halogens is 1. The second-order valence-corrected chi connectivity index (χ2v) is 3.39. The fourth-order valence-corrected chi connectivity index (χ4v) is 1.54. The summed E-state index contributed by atoms with van der Waals surface area (Å²) in [4.78, 5) is 10.8. The number of benzene rings is 1. The van der Waals surface area contributed by atoms with Gasteiger partial charge in [0.05, 0.1) is 7.11 Å². The number of aromatic carboxylic acids is 1. The van der Waals surface area contributed by atoms with Crippen molar-refractivity contribution in [2.45, 2.75) is 6.42 Å². The molecule has 3 N–H and O–H groups in total. The lowest BCUT2D eigenvalue weighted by atomic mass is 10.1. The third-order valence-corrected chi connectivity index (χ3v) is 2.36. The molecule has 82 valence electrons. The van der Waals surface area contributed by atoms with Crippen LogP contribution in [0, 0.1) is 0 Å². The van der Waals surface area contributed by atoms with Crippen molar-refractivity contribution in [1.82, 2.24) is 0 Å². The highest BCUT2D eigenvalue weighted by Gasteiger charge is 2.14. The van der Waals surface area contributed by atoms with E-state index in [9.17, 15) is 4.79 Å². The van der Waals surface area contributed by atoms with Gasteiger partial charge in [0.2, 0.25) is 0 Å². The van der Waals surface area contributed by atoms with E-state index in [1.807, 2.05) is 0 Å². The first-order valence-electron chi connectivity index (χ1n) is 4.40. The molecule has 0 aliphatic rings. The predicted octanol–water partition coefficient (Wildman–Crippen LogP) is 1.55. The molecule has 0 spiro atoms. The van der Waals surface area contributed by atoms with Crippen molar-refractivity contribution in [3.05, 3.63) is 28.3 Å². The van der Waals surface area contributed by atoms with Gasteiger partial charge in [0.15, 0.2) is 0 Å².